The summed E-state index contributed by atoms with van der Waals surface area (Å²) < 4.78 is 1.64. The lowest BCUT2D eigenvalue weighted by atomic mass is 9.94. The van der Waals surface area contributed by atoms with Crippen molar-refractivity contribution in [3.8, 4) is 0 Å². The molecule has 1 aliphatic rings. The Bertz CT molecular complexity index is 981. The molecular weight excluding hydrogens is 316 g/mol. The van der Waals surface area contributed by atoms with Crippen molar-refractivity contribution in [3.63, 3.8) is 0 Å². The van der Waals surface area contributed by atoms with E-state index in [1.807, 2.05) is 60.7 Å². The van der Waals surface area contributed by atoms with Gasteiger partial charge in [-0.15, -0.1) is 0 Å². The van der Waals surface area contributed by atoms with E-state index in [2.05, 4.69) is 5.32 Å². The van der Waals surface area contributed by atoms with E-state index in [9.17, 15) is 14.7 Å². The molecule has 0 bridgehead atoms. The van der Waals surface area contributed by atoms with Crippen LogP contribution in [0.25, 0.3) is 0 Å². The molecule has 0 aliphatic carbocycles. The van der Waals surface area contributed by atoms with E-state index < -0.39 is 5.97 Å². The summed E-state index contributed by atoms with van der Waals surface area (Å²) in [5, 5.41) is 12.6. The topological polar surface area (TPSA) is 71.3 Å². The van der Waals surface area contributed by atoms with Crippen LogP contribution in [0, 0.1) is 0 Å². The van der Waals surface area contributed by atoms with Crippen LogP contribution in [0.5, 0.6) is 0 Å². The first kappa shape index (κ1) is 15.2. The minimum atomic E-state index is -1.11. The number of carboxylic acids is 1. The standard InChI is InChI=1S/C20H16N2O3/c23-17-12-15(20(24)25)11-16-21-18(13-7-3-1-4-8-13)19(22(16)17)14-9-5-2-6-10-14/h1-12,18-19,21H,(H,24,25)/t18-,19?/m0/s1. The number of aromatic carboxylic acids is 1. The van der Waals surface area contributed by atoms with Gasteiger partial charge in [-0.2, -0.15) is 0 Å². The third-order valence-electron chi connectivity index (χ3n) is 4.51. The first-order chi connectivity index (χ1) is 12.1. The van der Waals surface area contributed by atoms with Gasteiger partial charge in [0.15, 0.2) is 0 Å². The third-order valence-corrected chi connectivity index (χ3v) is 4.51. The number of nitrogens with zero attached hydrogens (tertiary/aromatic N) is 1. The van der Waals surface area contributed by atoms with E-state index in [0.29, 0.717) is 5.82 Å². The van der Waals surface area contributed by atoms with Crippen molar-refractivity contribution in [2.45, 2.75) is 12.1 Å². The molecule has 4 rings (SSSR count). The number of benzene rings is 2. The second-order valence-electron chi connectivity index (χ2n) is 6.03. The van der Waals surface area contributed by atoms with E-state index in [0.717, 1.165) is 11.1 Å². The lowest BCUT2D eigenvalue weighted by Crippen LogP contribution is -2.25. The average molecular weight is 332 g/mol. The predicted molar refractivity (Wildman–Crippen MR) is 95.0 cm³/mol. The zero-order chi connectivity index (χ0) is 17.4. The van der Waals surface area contributed by atoms with E-state index in [1.54, 1.807) is 4.57 Å². The van der Waals surface area contributed by atoms with Crippen molar-refractivity contribution in [2.24, 2.45) is 0 Å². The van der Waals surface area contributed by atoms with E-state index in [-0.39, 0.29) is 23.2 Å². The minimum absolute atomic E-state index is 0.00993. The van der Waals surface area contributed by atoms with Gasteiger partial charge in [0.05, 0.1) is 17.6 Å². The number of aromatic nitrogens is 1. The number of fused-ring (bicyclic) bond motifs is 1. The molecule has 5 nitrogen and oxygen atoms in total. The molecule has 3 aromatic rings. The second-order valence-corrected chi connectivity index (χ2v) is 6.03. The number of nitrogens with one attached hydrogen (secondary N) is 1. The second kappa shape index (κ2) is 5.94. The third kappa shape index (κ3) is 2.59. The molecule has 2 heterocycles. The van der Waals surface area contributed by atoms with Crippen molar-refractivity contribution >= 4 is 11.8 Å². The van der Waals surface area contributed by atoms with E-state index >= 15 is 0 Å². The molecule has 0 saturated carbocycles. The predicted octanol–water partition coefficient (Wildman–Crippen LogP) is 3.30. The van der Waals surface area contributed by atoms with Gasteiger partial charge in [0.25, 0.3) is 5.56 Å². The maximum Gasteiger partial charge on any atom is 0.336 e. The SMILES string of the molecule is O=C(O)c1cc2n(c(=O)c1)C(c1ccccc1)[C@H](c1ccccc1)N2. The van der Waals surface area contributed by atoms with Gasteiger partial charge < -0.3 is 10.4 Å². The fourth-order valence-electron chi connectivity index (χ4n) is 3.41. The van der Waals surface area contributed by atoms with Crippen LogP contribution >= 0.6 is 0 Å². The minimum Gasteiger partial charge on any atom is -0.478 e. The number of anilines is 1. The van der Waals surface area contributed by atoms with Crippen molar-refractivity contribution in [1.82, 2.24) is 4.57 Å². The number of rotatable bonds is 3. The van der Waals surface area contributed by atoms with Crippen LogP contribution in [0.3, 0.4) is 0 Å². The molecule has 0 spiro atoms. The molecule has 1 aromatic heterocycles. The number of hydrogen-bond acceptors (Lipinski definition) is 3. The molecule has 25 heavy (non-hydrogen) atoms. The zero-order valence-corrected chi connectivity index (χ0v) is 13.3. The van der Waals surface area contributed by atoms with Crippen LogP contribution in [0.1, 0.15) is 33.6 Å². The largest absolute Gasteiger partial charge is 0.478 e. The summed E-state index contributed by atoms with van der Waals surface area (Å²) in [4.78, 5) is 23.9. The lowest BCUT2D eigenvalue weighted by molar-refractivity contribution is 0.0696. The first-order valence-corrected chi connectivity index (χ1v) is 8.01. The number of hydrogen-bond donors (Lipinski definition) is 2. The summed E-state index contributed by atoms with van der Waals surface area (Å²) in [6.07, 6.45) is 0. The smallest absolute Gasteiger partial charge is 0.336 e. The number of carboxylic acid groups (broad SMARTS) is 1. The molecule has 5 heteroatoms. The van der Waals surface area contributed by atoms with Crippen LogP contribution in [0.15, 0.2) is 77.6 Å². The maximum atomic E-state index is 12.7. The highest BCUT2D eigenvalue weighted by Gasteiger charge is 2.35. The Labute approximate surface area is 144 Å². The highest BCUT2D eigenvalue weighted by Crippen LogP contribution is 2.41. The van der Waals surface area contributed by atoms with Gasteiger partial charge in [0.2, 0.25) is 0 Å². The molecule has 0 radical (unpaired) electrons. The van der Waals surface area contributed by atoms with Gasteiger partial charge in [-0.05, 0) is 17.2 Å². The Kier molecular flexibility index (Phi) is 3.61. The van der Waals surface area contributed by atoms with E-state index in [4.69, 9.17) is 0 Å². The van der Waals surface area contributed by atoms with Gasteiger partial charge in [-0.3, -0.25) is 9.36 Å². The normalized spacial score (nSPS) is 18.4. The van der Waals surface area contributed by atoms with Crippen molar-refractivity contribution < 1.29 is 9.90 Å². The zero-order valence-electron chi connectivity index (χ0n) is 13.3. The molecule has 1 aliphatic heterocycles. The van der Waals surface area contributed by atoms with Crippen LogP contribution in [-0.2, 0) is 0 Å². The highest BCUT2D eigenvalue weighted by atomic mass is 16.4. The molecular formula is C20H16N2O3. The fraction of sp³-hybridized carbons (Fsp3) is 0.100. The molecule has 2 atom stereocenters. The number of carbonyl (C=O) groups is 1. The molecule has 0 fully saturated rings. The van der Waals surface area contributed by atoms with Crippen LogP contribution < -0.4 is 10.9 Å². The molecule has 0 amide bonds. The van der Waals surface area contributed by atoms with Crippen molar-refractivity contribution in [2.75, 3.05) is 5.32 Å². The maximum absolute atomic E-state index is 12.7. The van der Waals surface area contributed by atoms with Crippen LogP contribution in [0.4, 0.5) is 5.82 Å². The van der Waals surface area contributed by atoms with Gasteiger partial charge in [-0.25, -0.2) is 4.79 Å². The Balaban J connectivity index is 1.91. The quantitative estimate of drug-likeness (QED) is 0.772. The fourth-order valence-corrected chi connectivity index (χ4v) is 3.41. The molecule has 124 valence electrons. The molecule has 0 saturated heterocycles. The monoisotopic (exact) mass is 332 g/mol. The van der Waals surface area contributed by atoms with E-state index in [1.165, 1.54) is 12.1 Å². The summed E-state index contributed by atoms with van der Waals surface area (Å²) in [6.45, 7) is 0. The first-order valence-electron chi connectivity index (χ1n) is 8.01. The van der Waals surface area contributed by atoms with Crippen LogP contribution in [-0.4, -0.2) is 15.6 Å². The van der Waals surface area contributed by atoms with Gasteiger partial charge in [0, 0.05) is 6.07 Å². The summed E-state index contributed by atoms with van der Waals surface area (Å²) in [5.74, 6) is -0.589. The number of pyridine rings is 1. The van der Waals surface area contributed by atoms with Gasteiger partial charge in [0.1, 0.15) is 5.82 Å². The summed E-state index contributed by atoms with van der Waals surface area (Å²) >= 11 is 0. The Morgan fingerprint density at radius 2 is 1.52 bits per heavy atom. The van der Waals surface area contributed by atoms with Crippen molar-refractivity contribution in [3.05, 3.63) is 99.8 Å². The summed E-state index contributed by atoms with van der Waals surface area (Å²) in [5.41, 5.74) is 1.70. The summed E-state index contributed by atoms with van der Waals surface area (Å²) in [6, 6.07) is 21.9. The van der Waals surface area contributed by atoms with Crippen LogP contribution in [0.2, 0.25) is 0 Å². The Hall–Kier alpha value is -3.34. The molecule has 2 aromatic carbocycles. The van der Waals surface area contributed by atoms with Gasteiger partial charge in [-0.1, -0.05) is 60.7 Å². The lowest BCUT2D eigenvalue weighted by Gasteiger charge is -2.21. The van der Waals surface area contributed by atoms with Crippen molar-refractivity contribution in [1.29, 1.82) is 0 Å². The van der Waals surface area contributed by atoms with Gasteiger partial charge >= 0.3 is 5.97 Å². The Morgan fingerprint density at radius 1 is 0.920 bits per heavy atom. The Morgan fingerprint density at radius 3 is 2.12 bits per heavy atom. The average Bonchev–Trinajstić information content (AvgIpc) is 3.03. The molecule has 1 unspecified atom stereocenters. The highest BCUT2D eigenvalue weighted by molar-refractivity contribution is 5.88. The summed E-state index contributed by atoms with van der Waals surface area (Å²) in [7, 11) is 0. The molecule has 2 N–H and O–H groups in total.